The summed E-state index contributed by atoms with van der Waals surface area (Å²) in [6, 6.07) is 12.7. The molecule has 0 spiro atoms. The first-order chi connectivity index (χ1) is 11.9. The van der Waals surface area contributed by atoms with Gasteiger partial charge in [-0.15, -0.1) is 0 Å². The van der Waals surface area contributed by atoms with Gasteiger partial charge in [-0.2, -0.15) is 23.5 Å². The number of benzene rings is 2. The van der Waals surface area contributed by atoms with Crippen molar-refractivity contribution < 1.29 is 22.7 Å². The molecule has 0 aromatic heterocycles. The van der Waals surface area contributed by atoms with Gasteiger partial charge in [-0.25, -0.2) is 5.43 Å². The average Bonchev–Trinajstić information content (AvgIpc) is 2.60. The van der Waals surface area contributed by atoms with Crippen molar-refractivity contribution in [2.75, 3.05) is 6.61 Å². The van der Waals surface area contributed by atoms with Crippen LogP contribution in [0.15, 0.2) is 53.6 Å². The SMILES string of the molecule is N#Cc1ccccc1OCC(=O)N/N=C\c1ccc(C(F)(F)F)cc1. The van der Waals surface area contributed by atoms with Crippen molar-refractivity contribution in [1.29, 1.82) is 5.26 Å². The van der Waals surface area contributed by atoms with Crippen LogP contribution in [-0.2, 0) is 11.0 Å². The lowest BCUT2D eigenvalue weighted by Gasteiger charge is -2.06. The minimum absolute atomic E-state index is 0.270. The van der Waals surface area contributed by atoms with Gasteiger partial charge in [0, 0.05) is 0 Å². The Bertz CT molecular complexity index is 809. The molecular weight excluding hydrogens is 335 g/mol. The summed E-state index contributed by atoms with van der Waals surface area (Å²) >= 11 is 0. The normalized spacial score (nSPS) is 11.1. The minimum atomic E-state index is -4.40. The van der Waals surface area contributed by atoms with Gasteiger partial charge in [-0.05, 0) is 29.8 Å². The maximum atomic E-state index is 12.4. The highest BCUT2D eigenvalue weighted by Gasteiger charge is 2.29. The summed E-state index contributed by atoms with van der Waals surface area (Å²) in [5, 5.41) is 12.5. The zero-order chi connectivity index (χ0) is 18.3. The van der Waals surface area contributed by atoms with Crippen LogP contribution in [0.1, 0.15) is 16.7 Å². The van der Waals surface area contributed by atoms with E-state index in [1.165, 1.54) is 18.3 Å². The molecule has 1 N–H and O–H groups in total. The molecule has 5 nitrogen and oxygen atoms in total. The van der Waals surface area contributed by atoms with Gasteiger partial charge in [0.05, 0.1) is 17.3 Å². The van der Waals surface area contributed by atoms with E-state index in [9.17, 15) is 18.0 Å². The van der Waals surface area contributed by atoms with Gasteiger partial charge < -0.3 is 4.74 Å². The smallest absolute Gasteiger partial charge is 0.416 e. The predicted octanol–water partition coefficient (Wildman–Crippen LogP) is 3.11. The first-order valence-electron chi connectivity index (χ1n) is 7.01. The van der Waals surface area contributed by atoms with E-state index < -0.39 is 17.6 Å². The molecule has 0 aliphatic carbocycles. The third-order valence-corrected chi connectivity index (χ3v) is 3.01. The zero-order valence-electron chi connectivity index (χ0n) is 12.7. The summed E-state index contributed by atoms with van der Waals surface area (Å²) in [5.41, 5.74) is 2.11. The van der Waals surface area contributed by atoms with E-state index >= 15 is 0 Å². The van der Waals surface area contributed by atoms with E-state index in [0.29, 0.717) is 11.1 Å². The molecule has 2 aromatic rings. The molecule has 0 bridgehead atoms. The van der Waals surface area contributed by atoms with Crippen LogP contribution in [0, 0.1) is 11.3 Å². The highest BCUT2D eigenvalue weighted by atomic mass is 19.4. The number of carbonyl (C=O) groups excluding carboxylic acids is 1. The van der Waals surface area contributed by atoms with Crippen LogP contribution in [0.2, 0.25) is 0 Å². The number of para-hydroxylation sites is 1. The second kappa shape index (κ2) is 7.97. The molecule has 0 saturated carbocycles. The van der Waals surface area contributed by atoms with Crippen molar-refractivity contribution in [3.05, 3.63) is 65.2 Å². The van der Waals surface area contributed by atoms with Crippen LogP contribution in [0.5, 0.6) is 5.75 Å². The molecule has 8 heteroatoms. The maximum absolute atomic E-state index is 12.4. The van der Waals surface area contributed by atoms with Crippen molar-refractivity contribution in [1.82, 2.24) is 5.43 Å². The first kappa shape index (κ1) is 18.0. The van der Waals surface area contributed by atoms with Gasteiger partial charge in [-0.3, -0.25) is 4.79 Å². The number of rotatable bonds is 5. The van der Waals surface area contributed by atoms with Crippen LogP contribution < -0.4 is 10.2 Å². The van der Waals surface area contributed by atoms with Gasteiger partial charge in [0.2, 0.25) is 0 Å². The molecular formula is C17H12F3N3O2. The second-order valence-corrected chi connectivity index (χ2v) is 4.81. The highest BCUT2D eigenvalue weighted by Crippen LogP contribution is 2.28. The standard InChI is InChI=1S/C17H12F3N3O2/c18-17(19,20)14-7-5-12(6-8-14)10-22-23-16(24)11-25-15-4-2-1-3-13(15)9-21/h1-8,10H,11H2,(H,23,24)/b22-10-. The zero-order valence-corrected chi connectivity index (χ0v) is 12.7. The van der Waals surface area contributed by atoms with E-state index in [-0.39, 0.29) is 12.4 Å². The molecule has 0 radical (unpaired) electrons. The van der Waals surface area contributed by atoms with Gasteiger partial charge in [-0.1, -0.05) is 24.3 Å². The molecule has 25 heavy (non-hydrogen) atoms. The fourth-order valence-corrected chi connectivity index (χ4v) is 1.80. The lowest BCUT2D eigenvalue weighted by atomic mass is 10.1. The van der Waals surface area contributed by atoms with Crippen molar-refractivity contribution >= 4 is 12.1 Å². The molecule has 128 valence electrons. The summed E-state index contributed by atoms with van der Waals surface area (Å²) in [5.74, 6) is -0.303. The number of amides is 1. The van der Waals surface area contributed by atoms with Gasteiger partial charge >= 0.3 is 6.18 Å². The highest BCUT2D eigenvalue weighted by molar-refractivity contribution is 5.83. The molecule has 0 aliphatic heterocycles. The Morgan fingerprint density at radius 2 is 1.88 bits per heavy atom. The van der Waals surface area contributed by atoms with Crippen LogP contribution in [0.3, 0.4) is 0 Å². The largest absolute Gasteiger partial charge is 0.482 e. The number of hydrogen-bond donors (Lipinski definition) is 1. The number of halogens is 3. The fraction of sp³-hybridized carbons (Fsp3) is 0.118. The van der Waals surface area contributed by atoms with E-state index in [0.717, 1.165) is 12.1 Å². The van der Waals surface area contributed by atoms with Crippen molar-refractivity contribution in [3.8, 4) is 11.8 Å². The van der Waals surface area contributed by atoms with Gasteiger partial charge in [0.25, 0.3) is 5.91 Å². The molecule has 1 amide bonds. The Kier molecular flexibility index (Phi) is 5.74. The van der Waals surface area contributed by atoms with E-state index in [1.54, 1.807) is 24.3 Å². The van der Waals surface area contributed by atoms with Gasteiger partial charge in [0.15, 0.2) is 6.61 Å². The van der Waals surface area contributed by atoms with Crippen LogP contribution in [0.25, 0.3) is 0 Å². The monoisotopic (exact) mass is 347 g/mol. The summed E-state index contributed by atoms with van der Waals surface area (Å²) in [6.07, 6.45) is -3.19. The second-order valence-electron chi connectivity index (χ2n) is 4.81. The van der Waals surface area contributed by atoms with Gasteiger partial charge in [0.1, 0.15) is 11.8 Å². The lowest BCUT2D eigenvalue weighted by Crippen LogP contribution is -2.24. The minimum Gasteiger partial charge on any atom is -0.482 e. The lowest BCUT2D eigenvalue weighted by molar-refractivity contribution is -0.137. The van der Waals surface area contributed by atoms with Crippen LogP contribution in [-0.4, -0.2) is 18.7 Å². The molecule has 0 heterocycles. The number of hydrazone groups is 1. The molecule has 0 atom stereocenters. The number of alkyl halides is 3. The van der Waals surface area contributed by atoms with Crippen molar-refractivity contribution in [3.63, 3.8) is 0 Å². The third kappa shape index (κ3) is 5.35. The average molecular weight is 347 g/mol. The number of ether oxygens (including phenoxy) is 1. The Labute approximate surface area is 141 Å². The first-order valence-corrected chi connectivity index (χ1v) is 7.01. The van der Waals surface area contributed by atoms with E-state index in [1.807, 2.05) is 6.07 Å². The molecule has 2 aromatic carbocycles. The molecule has 2 rings (SSSR count). The number of nitrogens with one attached hydrogen (secondary N) is 1. The van der Waals surface area contributed by atoms with E-state index in [4.69, 9.17) is 10.00 Å². The Hall–Kier alpha value is -3.34. The summed E-state index contributed by atoms with van der Waals surface area (Å²) < 4.78 is 42.5. The molecule has 0 fully saturated rings. The topological polar surface area (TPSA) is 74.5 Å². The van der Waals surface area contributed by atoms with Crippen molar-refractivity contribution in [2.24, 2.45) is 5.10 Å². The fourth-order valence-electron chi connectivity index (χ4n) is 1.80. The molecule has 0 unspecified atom stereocenters. The Balaban J connectivity index is 1.85. The van der Waals surface area contributed by atoms with Crippen LogP contribution in [0.4, 0.5) is 13.2 Å². The quantitative estimate of drug-likeness (QED) is 0.667. The summed E-state index contributed by atoms with van der Waals surface area (Å²) in [7, 11) is 0. The molecule has 0 saturated heterocycles. The van der Waals surface area contributed by atoms with E-state index in [2.05, 4.69) is 10.5 Å². The summed E-state index contributed by atoms with van der Waals surface area (Å²) in [6.45, 7) is -0.358. The maximum Gasteiger partial charge on any atom is 0.416 e. The third-order valence-electron chi connectivity index (χ3n) is 3.01. The Morgan fingerprint density at radius 1 is 1.20 bits per heavy atom. The number of nitrogens with zero attached hydrogens (tertiary/aromatic N) is 2. The van der Waals surface area contributed by atoms with Crippen molar-refractivity contribution in [2.45, 2.75) is 6.18 Å². The number of carbonyl (C=O) groups is 1. The predicted molar refractivity (Wildman–Crippen MR) is 83.8 cm³/mol. The number of hydrogen-bond acceptors (Lipinski definition) is 4. The Morgan fingerprint density at radius 3 is 2.52 bits per heavy atom. The molecule has 0 aliphatic rings. The van der Waals surface area contributed by atoms with Crippen LogP contribution >= 0.6 is 0 Å². The summed E-state index contributed by atoms with van der Waals surface area (Å²) in [4.78, 5) is 11.6. The number of nitriles is 1.